The van der Waals surface area contributed by atoms with Crippen LogP contribution >= 0.6 is 0 Å². The first-order valence-electron chi connectivity index (χ1n) is 2.70. The van der Waals surface area contributed by atoms with E-state index in [0.717, 1.165) is 0 Å². The van der Waals surface area contributed by atoms with Gasteiger partial charge in [0.05, 0.1) is 6.10 Å². The Morgan fingerprint density at radius 3 is 2.33 bits per heavy atom. The summed E-state index contributed by atoms with van der Waals surface area (Å²) in [6.45, 7) is 1.50. The molecule has 0 aliphatic heterocycles. The number of aliphatic hydroxyl groups is 1. The molecular formula is C5H11NO3. The van der Waals surface area contributed by atoms with Gasteiger partial charge in [0.2, 0.25) is 0 Å². The molecule has 0 aliphatic rings. The van der Waals surface area contributed by atoms with Crippen molar-refractivity contribution in [2.75, 3.05) is 0 Å². The lowest BCUT2D eigenvalue weighted by molar-refractivity contribution is -0.139. The van der Waals surface area contributed by atoms with Gasteiger partial charge in [0.25, 0.3) is 0 Å². The molecule has 4 nitrogen and oxygen atoms in total. The first-order valence-corrected chi connectivity index (χ1v) is 2.70. The van der Waals surface area contributed by atoms with Crippen molar-refractivity contribution in [1.82, 2.24) is 0 Å². The van der Waals surface area contributed by atoms with E-state index in [-0.39, 0.29) is 6.42 Å². The molecule has 0 bridgehead atoms. The van der Waals surface area contributed by atoms with Crippen molar-refractivity contribution in [3.63, 3.8) is 0 Å². The first-order chi connectivity index (χ1) is 4.04. The molecular weight excluding hydrogens is 122 g/mol. The Morgan fingerprint density at radius 2 is 2.22 bits per heavy atom. The van der Waals surface area contributed by atoms with Crippen molar-refractivity contribution in [1.29, 1.82) is 0 Å². The number of carboxylic acid groups (broad SMARTS) is 1. The van der Waals surface area contributed by atoms with Gasteiger partial charge < -0.3 is 15.9 Å². The first kappa shape index (κ1) is 8.39. The Labute approximate surface area is 53.3 Å². The standard InChI is InChI=1S/C5H11NO3/c1-3(7)2-4(6)5(8)9/h3-4,7H,2,6H2,1H3,(H,8,9)/t3-,4?/m1/s1. The van der Waals surface area contributed by atoms with Crippen LogP contribution in [0.25, 0.3) is 0 Å². The molecule has 4 heteroatoms. The van der Waals surface area contributed by atoms with Gasteiger partial charge in [-0.25, -0.2) is 0 Å². The molecule has 0 saturated heterocycles. The Kier molecular flexibility index (Phi) is 3.19. The fraction of sp³-hybridized carbons (Fsp3) is 0.800. The third-order valence-corrected chi connectivity index (χ3v) is 0.912. The fourth-order valence-corrected chi connectivity index (χ4v) is 0.468. The van der Waals surface area contributed by atoms with E-state index in [2.05, 4.69) is 0 Å². The van der Waals surface area contributed by atoms with Gasteiger partial charge in [-0.15, -0.1) is 0 Å². The summed E-state index contributed by atoms with van der Waals surface area (Å²) in [4.78, 5) is 10.00. The minimum Gasteiger partial charge on any atom is -0.480 e. The summed E-state index contributed by atoms with van der Waals surface area (Å²) in [6, 6.07) is -0.940. The van der Waals surface area contributed by atoms with Crippen molar-refractivity contribution in [3.05, 3.63) is 0 Å². The second kappa shape index (κ2) is 3.42. The maximum absolute atomic E-state index is 10.00. The van der Waals surface area contributed by atoms with Gasteiger partial charge in [0.1, 0.15) is 6.04 Å². The molecule has 54 valence electrons. The number of carbonyl (C=O) groups is 1. The molecule has 0 aromatic heterocycles. The average molecular weight is 133 g/mol. The summed E-state index contributed by atoms with van der Waals surface area (Å²) in [7, 11) is 0. The van der Waals surface area contributed by atoms with Crippen LogP contribution in [0.15, 0.2) is 0 Å². The van der Waals surface area contributed by atoms with E-state index in [0.29, 0.717) is 0 Å². The van der Waals surface area contributed by atoms with Gasteiger partial charge in [0, 0.05) is 0 Å². The molecule has 0 heterocycles. The minimum absolute atomic E-state index is 0.106. The molecule has 0 amide bonds. The van der Waals surface area contributed by atoms with E-state index in [1.807, 2.05) is 0 Å². The monoisotopic (exact) mass is 133 g/mol. The van der Waals surface area contributed by atoms with Crippen LogP contribution in [0, 0.1) is 0 Å². The molecule has 0 radical (unpaired) electrons. The SMILES string of the molecule is C[C@@H](O)CC(N)C(=O)O. The van der Waals surface area contributed by atoms with Gasteiger partial charge in [-0.1, -0.05) is 0 Å². The summed E-state index contributed by atoms with van der Waals surface area (Å²) in [5, 5.41) is 16.8. The zero-order chi connectivity index (χ0) is 7.44. The smallest absolute Gasteiger partial charge is 0.320 e. The lowest BCUT2D eigenvalue weighted by Gasteiger charge is -2.06. The lowest BCUT2D eigenvalue weighted by atomic mass is 10.1. The second-order valence-electron chi connectivity index (χ2n) is 2.03. The molecule has 0 aromatic rings. The number of hydrogen-bond acceptors (Lipinski definition) is 3. The Morgan fingerprint density at radius 1 is 1.78 bits per heavy atom. The van der Waals surface area contributed by atoms with E-state index in [9.17, 15) is 4.79 Å². The summed E-state index contributed by atoms with van der Waals surface area (Å²) >= 11 is 0. The predicted molar refractivity (Wildman–Crippen MR) is 31.9 cm³/mol. The highest BCUT2D eigenvalue weighted by molar-refractivity contribution is 5.73. The molecule has 4 N–H and O–H groups in total. The minimum atomic E-state index is -1.07. The van der Waals surface area contributed by atoms with E-state index in [1.165, 1.54) is 6.92 Å². The van der Waals surface area contributed by atoms with Crippen LogP contribution in [-0.4, -0.2) is 28.3 Å². The molecule has 0 rings (SSSR count). The average Bonchev–Trinajstić information content (AvgIpc) is 1.63. The number of aliphatic carboxylic acids is 1. The second-order valence-corrected chi connectivity index (χ2v) is 2.03. The van der Waals surface area contributed by atoms with Crippen LogP contribution < -0.4 is 5.73 Å². The number of hydrogen-bond donors (Lipinski definition) is 3. The van der Waals surface area contributed by atoms with E-state index >= 15 is 0 Å². The molecule has 0 spiro atoms. The molecule has 9 heavy (non-hydrogen) atoms. The van der Waals surface area contributed by atoms with Crippen LogP contribution in [0.3, 0.4) is 0 Å². The number of nitrogens with two attached hydrogens (primary N) is 1. The van der Waals surface area contributed by atoms with Crippen molar-refractivity contribution in [2.45, 2.75) is 25.5 Å². The van der Waals surface area contributed by atoms with Crippen LogP contribution in [0.2, 0.25) is 0 Å². The largest absolute Gasteiger partial charge is 0.480 e. The van der Waals surface area contributed by atoms with Crippen LogP contribution in [0.5, 0.6) is 0 Å². The summed E-state index contributed by atoms with van der Waals surface area (Å²) in [6.07, 6.45) is -0.536. The molecule has 0 aromatic carbocycles. The quantitative estimate of drug-likeness (QED) is 0.469. The van der Waals surface area contributed by atoms with E-state index in [4.69, 9.17) is 15.9 Å². The van der Waals surface area contributed by atoms with Crippen molar-refractivity contribution >= 4 is 5.97 Å². The van der Waals surface area contributed by atoms with Gasteiger partial charge in [-0.05, 0) is 13.3 Å². The molecule has 2 atom stereocenters. The Balaban J connectivity index is 3.50. The normalized spacial score (nSPS) is 16.8. The number of aliphatic hydroxyl groups excluding tert-OH is 1. The van der Waals surface area contributed by atoms with Crippen LogP contribution in [0.1, 0.15) is 13.3 Å². The highest BCUT2D eigenvalue weighted by atomic mass is 16.4. The van der Waals surface area contributed by atoms with Gasteiger partial charge in [-0.2, -0.15) is 0 Å². The van der Waals surface area contributed by atoms with Gasteiger partial charge in [0.15, 0.2) is 0 Å². The molecule has 0 fully saturated rings. The van der Waals surface area contributed by atoms with Crippen molar-refractivity contribution < 1.29 is 15.0 Å². The zero-order valence-corrected chi connectivity index (χ0v) is 5.24. The lowest BCUT2D eigenvalue weighted by Crippen LogP contribution is -2.33. The molecule has 0 saturated carbocycles. The highest BCUT2D eigenvalue weighted by Gasteiger charge is 2.12. The number of carboxylic acids is 1. The summed E-state index contributed by atoms with van der Waals surface area (Å²) < 4.78 is 0. The maximum Gasteiger partial charge on any atom is 0.320 e. The van der Waals surface area contributed by atoms with Gasteiger partial charge >= 0.3 is 5.97 Å². The maximum atomic E-state index is 10.00. The predicted octanol–water partition coefficient (Wildman–Crippen LogP) is -0.831. The van der Waals surface area contributed by atoms with Crippen LogP contribution in [0.4, 0.5) is 0 Å². The number of rotatable bonds is 3. The Hall–Kier alpha value is -0.610. The van der Waals surface area contributed by atoms with Crippen molar-refractivity contribution in [3.8, 4) is 0 Å². The third-order valence-electron chi connectivity index (χ3n) is 0.912. The molecule has 0 aliphatic carbocycles. The summed E-state index contributed by atoms with van der Waals surface area (Å²) in [5.41, 5.74) is 5.06. The van der Waals surface area contributed by atoms with Gasteiger partial charge in [-0.3, -0.25) is 4.79 Å². The van der Waals surface area contributed by atoms with Crippen molar-refractivity contribution in [2.24, 2.45) is 5.73 Å². The van der Waals surface area contributed by atoms with Crippen LogP contribution in [-0.2, 0) is 4.79 Å². The topological polar surface area (TPSA) is 83.5 Å². The summed E-state index contributed by atoms with van der Waals surface area (Å²) in [5.74, 6) is -1.07. The fourth-order valence-electron chi connectivity index (χ4n) is 0.468. The highest BCUT2D eigenvalue weighted by Crippen LogP contribution is 1.93. The van der Waals surface area contributed by atoms with E-state index < -0.39 is 18.1 Å². The Bertz CT molecular complexity index is 102. The zero-order valence-electron chi connectivity index (χ0n) is 5.24. The third kappa shape index (κ3) is 3.93. The molecule has 1 unspecified atom stereocenters. The van der Waals surface area contributed by atoms with E-state index in [1.54, 1.807) is 0 Å².